The summed E-state index contributed by atoms with van der Waals surface area (Å²) < 4.78 is 0. The van der Waals surface area contributed by atoms with Gasteiger partial charge in [0.15, 0.2) is 0 Å². The molecule has 1 fully saturated rings. The predicted molar refractivity (Wildman–Crippen MR) is 41.1 cm³/mol. The third-order valence-electron chi connectivity index (χ3n) is 1.83. The zero-order valence-electron chi connectivity index (χ0n) is 5.92. The van der Waals surface area contributed by atoms with Gasteiger partial charge in [-0.25, -0.2) is 0 Å². The van der Waals surface area contributed by atoms with Crippen molar-refractivity contribution in [2.24, 2.45) is 0 Å². The average molecular weight is 162 g/mol. The number of alkyl halides is 1. The monoisotopic (exact) mass is 161 g/mol. The summed E-state index contributed by atoms with van der Waals surface area (Å²) in [5.74, 6) is 0. The van der Waals surface area contributed by atoms with E-state index in [0.29, 0.717) is 6.42 Å². The fraction of sp³-hybridized carbons (Fsp3) is 0.857. The van der Waals surface area contributed by atoms with Gasteiger partial charge in [-0.2, -0.15) is 0 Å². The van der Waals surface area contributed by atoms with Gasteiger partial charge >= 0.3 is 0 Å². The lowest BCUT2D eigenvalue weighted by Crippen LogP contribution is -2.28. The van der Waals surface area contributed by atoms with E-state index >= 15 is 0 Å². The Morgan fingerprint density at radius 2 is 2.10 bits per heavy atom. The van der Waals surface area contributed by atoms with E-state index in [2.05, 4.69) is 4.90 Å². The van der Waals surface area contributed by atoms with Crippen LogP contribution in [0.3, 0.4) is 0 Å². The van der Waals surface area contributed by atoms with E-state index in [-0.39, 0.29) is 5.50 Å². The minimum absolute atomic E-state index is 0.0556. The topological polar surface area (TPSA) is 20.3 Å². The first-order valence-electron chi connectivity index (χ1n) is 3.66. The molecule has 1 unspecified atom stereocenters. The summed E-state index contributed by atoms with van der Waals surface area (Å²) >= 11 is 5.88. The molecule has 0 aromatic heterocycles. The van der Waals surface area contributed by atoms with E-state index in [0.717, 1.165) is 19.4 Å². The lowest BCUT2D eigenvalue weighted by Gasteiger charge is -2.18. The van der Waals surface area contributed by atoms with Gasteiger partial charge in [-0.05, 0) is 25.9 Å². The Morgan fingerprint density at radius 1 is 1.50 bits per heavy atom. The molecular formula is C7H12ClNO. The summed E-state index contributed by atoms with van der Waals surface area (Å²) in [6, 6.07) is 0. The van der Waals surface area contributed by atoms with E-state index in [4.69, 9.17) is 11.6 Å². The van der Waals surface area contributed by atoms with Gasteiger partial charge in [-0.15, -0.1) is 11.6 Å². The number of carbonyl (C=O) groups is 1. The Kier molecular flexibility index (Phi) is 3.16. The first-order valence-corrected chi connectivity index (χ1v) is 4.10. The summed E-state index contributed by atoms with van der Waals surface area (Å²) in [4.78, 5) is 12.2. The van der Waals surface area contributed by atoms with Crippen LogP contribution in [-0.4, -0.2) is 29.8 Å². The number of halogens is 1. The molecule has 1 aliphatic rings. The van der Waals surface area contributed by atoms with Crippen LogP contribution in [0.15, 0.2) is 0 Å². The predicted octanol–water partition coefficient (Wildman–Crippen LogP) is 1.24. The van der Waals surface area contributed by atoms with Gasteiger partial charge in [0.1, 0.15) is 6.29 Å². The van der Waals surface area contributed by atoms with Crippen LogP contribution in [0.1, 0.15) is 19.3 Å². The second-order valence-electron chi connectivity index (χ2n) is 2.58. The summed E-state index contributed by atoms with van der Waals surface area (Å²) in [6.07, 6.45) is 3.79. The molecule has 0 radical (unpaired) electrons. The number of rotatable bonds is 3. The highest BCUT2D eigenvalue weighted by molar-refractivity contribution is 6.21. The molecule has 1 saturated heterocycles. The van der Waals surface area contributed by atoms with Crippen molar-refractivity contribution < 1.29 is 4.79 Å². The van der Waals surface area contributed by atoms with Crippen LogP contribution in [0.2, 0.25) is 0 Å². The fourth-order valence-corrected chi connectivity index (χ4v) is 1.52. The molecule has 3 heteroatoms. The zero-order chi connectivity index (χ0) is 7.40. The SMILES string of the molecule is O=CCC(Cl)N1CCCC1. The van der Waals surface area contributed by atoms with Gasteiger partial charge in [0.05, 0.1) is 5.50 Å². The van der Waals surface area contributed by atoms with Gasteiger partial charge < -0.3 is 4.79 Å². The standard InChI is InChI=1S/C7H12ClNO/c8-7(3-6-10)9-4-1-2-5-9/h6-7H,1-5H2. The van der Waals surface area contributed by atoms with Gasteiger partial charge in [-0.3, -0.25) is 4.90 Å². The van der Waals surface area contributed by atoms with E-state index in [9.17, 15) is 4.79 Å². The van der Waals surface area contributed by atoms with Crippen molar-refractivity contribution in [2.45, 2.75) is 24.8 Å². The van der Waals surface area contributed by atoms with Gasteiger partial charge in [0.25, 0.3) is 0 Å². The molecule has 0 bridgehead atoms. The van der Waals surface area contributed by atoms with Crippen LogP contribution in [0.25, 0.3) is 0 Å². The van der Waals surface area contributed by atoms with Gasteiger partial charge in [0.2, 0.25) is 0 Å². The molecule has 1 heterocycles. The van der Waals surface area contributed by atoms with Crippen molar-refractivity contribution in [2.75, 3.05) is 13.1 Å². The van der Waals surface area contributed by atoms with Crippen molar-refractivity contribution in [3.8, 4) is 0 Å². The molecule has 1 rings (SSSR count). The molecule has 58 valence electrons. The van der Waals surface area contributed by atoms with Crippen LogP contribution in [0, 0.1) is 0 Å². The minimum Gasteiger partial charge on any atom is -0.303 e. The molecule has 0 aliphatic carbocycles. The fourth-order valence-electron chi connectivity index (χ4n) is 1.25. The van der Waals surface area contributed by atoms with E-state index in [1.54, 1.807) is 0 Å². The second-order valence-corrected chi connectivity index (χ2v) is 3.08. The van der Waals surface area contributed by atoms with Crippen LogP contribution < -0.4 is 0 Å². The maximum atomic E-state index is 10.1. The molecule has 1 aliphatic heterocycles. The number of nitrogens with zero attached hydrogens (tertiary/aromatic N) is 1. The molecule has 0 spiro atoms. The van der Waals surface area contributed by atoms with E-state index in [1.807, 2.05) is 0 Å². The van der Waals surface area contributed by atoms with Gasteiger partial charge in [0, 0.05) is 6.42 Å². The smallest absolute Gasteiger partial charge is 0.122 e. The Hall–Kier alpha value is -0.0800. The largest absolute Gasteiger partial charge is 0.303 e. The van der Waals surface area contributed by atoms with Crippen LogP contribution >= 0.6 is 11.6 Å². The Labute approximate surface area is 66.1 Å². The lowest BCUT2D eigenvalue weighted by atomic mass is 10.4. The van der Waals surface area contributed by atoms with Crippen molar-refractivity contribution in [1.82, 2.24) is 4.90 Å². The molecule has 0 saturated carbocycles. The Bertz CT molecular complexity index is 112. The highest BCUT2D eigenvalue weighted by Gasteiger charge is 2.18. The Morgan fingerprint density at radius 3 is 2.60 bits per heavy atom. The minimum atomic E-state index is -0.0556. The zero-order valence-corrected chi connectivity index (χ0v) is 6.68. The van der Waals surface area contributed by atoms with E-state index < -0.39 is 0 Å². The Balaban J connectivity index is 2.24. The maximum Gasteiger partial charge on any atom is 0.122 e. The first-order chi connectivity index (χ1) is 4.84. The maximum absolute atomic E-state index is 10.1. The summed E-state index contributed by atoms with van der Waals surface area (Å²) in [5.41, 5.74) is -0.0556. The summed E-state index contributed by atoms with van der Waals surface area (Å²) in [5, 5.41) is 0. The molecule has 0 N–H and O–H groups in total. The number of hydrogen-bond acceptors (Lipinski definition) is 2. The van der Waals surface area contributed by atoms with Crippen LogP contribution in [0.4, 0.5) is 0 Å². The summed E-state index contributed by atoms with van der Waals surface area (Å²) in [7, 11) is 0. The van der Waals surface area contributed by atoms with Crippen molar-refractivity contribution >= 4 is 17.9 Å². The number of likely N-dealkylation sites (tertiary alicyclic amines) is 1. The normalized spacial score (nSPS) is 22.9. The highest BCUT2D eigenvalue weighted by atomic mass is 35.5. The lowest BCUT2D eigenvalue weighted by molar-refractivity contribution is -0.108. The molecular weight excluding hydrogens is 150 g/mol. The molecule has 0 aromatic rings. The quantitative estimate of drug-likeness (QED) is 0.353. The van der Waals surface area contributed by atoms with Crippen LogP contribution in [0.5, 0.6) is 0 Å². The van der Waals surface area contributed by atoms with Crippen molar-refractivity contribution in [3.63, 3.8) is 0 Å². The third-order valence-corrected chi connectivity index (χ3v) is 2.28. The number of hydrogen-bond donors (Lipinski definition) is 0. The number of carbonyl (C=O) groups excluding carboxylic acids is 1. The molecule has 1 atom stereocenters. The molecule has 0 amide bonds. The van der Waals surface area contributed by atoms with E-state index in [1.165, 1.54) is 12.8 Å². The van der Waals surface area contributed by atoms with Gasteiger partial charge in [-0.1, -0.05) is 0 Å². The molecule has 0 aromatic carbocycles. The van der Waals surface area contributed by atoms with Crippen molar-refractivity contribution in [1.29, 1.82) is 0 Å². The van der Waals surface area contributed by atoms with Crippen molar-refractivity contribution in [3.05, 3.63) is 0 Å². The second kappa shape index (κ2) is 3.94. The van der Waals surface area contributed by atoms with Crippen LogP contribution in [-0.2, 0) is 4.79 Å². The highest BCUT2D eigenvalue weighted by Crippen LogP contribution is 2.15. The summed E-state index contributed by atoms with van der Waals surface area (Å²) in [6.45, 7) is 2.12. The third kappa shape index (κ3) is 1.96. The molecule has 10 heavy (non-hydrogen) atoms. The first kappa shape index (κ1) is 8.02. The molecule has 2 nitrogen and oxygen atoms in total. The number of aldehydes is 1. The average Bonchev–Trinajstić information content (AvgIpc) is 2.38.